The van der Waals surface area contributed by atoms with E-state index in [2.05, 4.69) is 6.92 Å². The van der Waals surface area contributed by atoms with Crippen LogP contribution in [0.25, 0.3) is 0 Å². The van der Waals surface area contributed by atoms with Crippen LogP contribution in [0.15, 0.2) is 18.2 Å². The van der Waals surface area contributed by atoms with Crippen LogP contribution in [0.1, 0.15) is 49.4 Å². The minimum atomic E-state index is 0.197. The molecule has 1 fully saturated rings. The van der Waals surface area contributed by atoms with Crippen molar-refractivity contribution in [2.24, 2.45) is 5.92 Å². The summed E-state index contributed by atoms with van der Waals surface area (Å²) in [6.45, 7) is 2.22. The highest BCUT2D eigenvalue weighted by Gasteiger charge is 2.23. The molecular weight excluding hydrogens is 248 g/mol. The largest absolute Gasteiger partial charge is 0.488 e. The highest BCUT2D eigenvalue weighted by molar-refractivity contribution is 6.32. The van der Waals surface area contributed by atoms with Crippen molar-refractivity contribution >= 4 is 17.9 Å². The Hall–Kier alpha value is -1.02. The molecule has 2 atom stereocenters. The van der Waals surface area contributed by atoms with Crippen molar-refractivity contribution in [1.82, 2.24) is 0 Å². The maximum Gasteiger partial charge on any atom is 0.153 e. The summed E-state index contributed by atoms with van der Waals surface area (Å²) in [5, 5.41) is 0.526. The first-order valence-corrected chi connectivity index (χ1v) is 7.02. The van der Waals surface area contributed by atoms with E-state index in [1.165, 1.54) is 19.3 Å². The number of carbonyl (C=O) groups excluding carboxylic acids is 1. The van der Waals surface area contributed by atoms with Gasteiger partial charge in [0.25, 0.3) is 0 Å². The summed E-state index contributed by atoms with van der Waals surface area (Å²) in [7, 11) is 0. The van der Waals surface area contributed by atoms with Gasteiger partial charge < -0.3 is 4.74 Å². The molecule has 1 aromatic rings. The number of para-hydroxylation sites is 1. The van der Waals surface area contributed by atoms with Gasteiger partial charge in [-0.2, -0.15) is 0 Å². The van der Waals surface area contributed by atoms with Gasteiger partial charge in [0.15, 0.2) is 6.29 Å². The van der Waals surface area contributed by atoms with Crippen LogP contribution in [-0.4, -0.2) is 12.4 Å². The van der Waals surface area contributed by atoms with E-state index in [4.69, 9.17) is 16.3 Å². The Morgan fingerprint density at radius 1 is 1.44 bits per heavy atom. The van der Waals surface area contributed by atoms with Crippen molar-refractivity contribution in [2.45, 2.75) is 45.1 Å². The number of carbonyl (C=O) groups is 1. The molecular formula is C15H19ClO2. The first-order valence-electron chi connectivity index (χ1n) is 6.65. The lowest BCUT2D eigenvalue weighted by atomic mass is 9.85. The predicted octanol–water partition coefficient (Wildman–Crippen LogP) is 4.50. The highest BCUT2D eigenvalue weighted by Crippen LogP contribution is 2.34. The molecule has 18 heavy (non-hydrogen) atoms. The van der Waals surface area contributed by atoms with Gasteiger partial charge in [0, 0.05) is 0 Å². The molecule has 1 aliphatic carbocycles. The molecule has 98 valence electrons. The highest BCUT2D eigenvalue weighted by atomic mass is 35.5. The molecule has 0 spiro atoms. The molecule has 2 nitrogen and oxygen atoms in total. The third-order valence-electron chi connectivity index (χ3n) is 3.72. The average molecular weight is 267 g/mol. The maximum absolute atomic E-state index is 11.0. The van der Waals surface area contributed by atoms with E-state index in [-0.39, 0.29) is 6.10 Å². The standard InChI is InChI=1S/C15H19ClO2/c1-2-11-5-3-7-13(9-11)18-15-12(10-17)6-4-8-14(15)16/h4,6,8,10-11,13H,2-3,5,7,9H2,1H3. The van der Waals surface area contributed by atoms with Crippen LogP contribution in [0.2, 0.25) is 5.02 Å². The SMILES string of the molecule is CCC1CCCC(Oc2c(Cl)cccc2C=O)C1. The Labute approximate surface area is 113 Å². The van der Waals surface area contributed by atoms with E-state index in [0.29, 0.717) is 16.3 Å². The Kier molecular flexibility index (Phi) is 4.65. The van der Waals surface area contributed by atoms with Gasteiger partial charge in [-0.15, -0.1) is 0 Å². The Morgan fingerprint density at radius 2 is 2.28 bits per heavy atom. The van der Waals surface area contributed by atoms with Crippen LogP contribution in [-0.2, 0) is 0 Å². The lowest BCUT2D eigenvalue weighted by Crippen LogP contribution is -2.25. The van der Waals surface area contributed by atoms with Gasteiger partial charge in [0.2, 0.25) is 0 Å². The van der Waals surface area contributed by atoms with Gasteiger partial charge in [-0.05, 0) is 37.3 Å². The third-order valence-corrected chi connectivity index (χ3v) is 4.02. The van der Waals surface area contributed by atoms with Gasteiger partial charge in [0.1, 0.15) is 5.75 Å². The number of benzene rings is 1. The molecule has 0 heterocycles. The van der Waals surface area contributed by atoms with Crippen LogP contribution in [0.5, 0.6) is 5.75 Å². The smallest absolute Gasteiger partial charge is 0.153 e. The molecule has 2 unspecified atom stereocenters. The summed E-state index contributed by atoms with van der Waals surface area (Å²) in [6, 6.07) is 5.28. The summed E-state index contributed by atoms with van der Waals surface area (Å²) in [6.07, 6.45) is 6.82. The fraction of sp³-hybridized carbons (Fsp3) is 0.533. The molecule has 0 aromatic heterocycles. The average Bonchev–Trinajstić information content (AvgIpc) is 2.41. The first-order chi connectivity index (χ1) is 8.74. The van der Waals surface area contributed by atoms with E-state index < -0.39 is 0 Å². The van der Waals surface area contributed by atoms with E-state index in [9.17, 15) is 4.79 Å². The van der Waals surface area contributed by atoms with Crippen molar-refractivity contribution < 1.29 is 9.53 Å². The monoisotopic (exact) mass is 266 g/mol. The topological polar surface area (TPSA) is 26.3 Å². The normalized spacial score (nSPS) is 23.7. The minimum Gasteiger partial charge on any atom is -0.488 e. The maximum atomic E-state index is 11.0. The van der Waals surface area contributed by atoms with Crippen molar-refractivity contribution in [3.8, 4) is 5.75 Å². The molecule has 0 aliphatic heterocycles. The minimum absolute atomic E-state index is 0.197. The van der Waals surface area contributed by atoms with Crippen LogP contribution in [0.4, 0.5) is 0 Å². The van der Waals surface area contributed by atoms with Crippen LogP contribution >= 0.6 is 11.6 Å². The quantitative estimate of drug-likeness (QED) is 0.750. The van der Waals surface area contributed by atoms with Gasteiger partial charge in [-0.1, -0.05) is 37.4 Å². The van der Waals surface area contributed by atoms with Gasteiger partial charge in [-0.3, -0.25) is 4.79 Å². The van der Waals surface area contributed by atoms with Crippen molar-refractivity contribution in [3.05, 3.63) is 28.8 Å². The second kappa shape index (κ2) is 6.24. The molecule has 0 amide bonds. The summed E-state index contributed by atoms with van der Waals surface area (Å²) < 4.78 is 5.98. The lowest BCUT2D eigenvalue weighted by Gasteiger charge is -2.29. The Balaban J connectivity index is 2.11. The van der Waals surface area contributed by atoms with Crippen LogP contribution < -0.4 is 4.74 Å². The predicted molar refractivity (Wildman–Crippen MR) is 73.5 cm³/mol. The first kappa shape index (κ1) is 13.4. The molecule has 1 aromatic carbocycles. The summed E-state index contributed by atoms with van der Waals surface area (Å²) in [5.74, 6) is 1.29. The van der Waals surface area contributed by atoms with Gasteiger partial charge >= 0.3 is 0 Å². The number of rotatable bonds is 4. The van der Waals surface area contributed by atoms with E-state index >= 15 is 0 Å². The molecule has 1 aliphatic rings. The summed E-state index contributed by atoms with van der Waals surface area (Å²) in [4.78, 5) is 11.0. The van der Waals surface area contributed by atoms with Crippen molar-refractivity contribution in [3.63, 3.8) is 0 Å². The molecule has 0 N–H and O–H groups in total. The fourth-order valence-electron chi connectivity index (χ4n) is 2.63. The van der Waals surface area contributed by atoms with Crippen molar-refractivity contribution in [1.29, 1.82) is 0 Å². The Morgan fingerprint density at radius 3 is 3.00 bits per heavy atom. The molecule has 0 saturated heterocycles. The lowest BCUT2D eigenvalue weighted by molar-refractivity contribution is 0.108. The molecule has 1 saturated carbocycles. The molecule has 0 radical (unpaired) electrons. The number of ether oxygens (including phenoxy) is 1. The van der Waals surface area contributed by atoms with Gasteiger partial charge in [-0.25, -0.2) is 0 Å². The van der Waals surface area contributed by atoms with Crippen LogP contribution in [0, 0.1) is 5.92 Å². The summed E-state index contributed by atoms with van der Waals surface area (Å²) in [5.41, 5.74) is 0.543. The summed E-state index contributed by atoms with van der Waals surface area (Å²) >= 11 is 6.11. The second-order valence-electron chi connectivity index (χ2n) is 4.96. The number of halogens is 1. The number of aldehydes is 1. The van der Waals surface area contributed by atoms with Crippen molar-refractivity contribution in [2.75, 3.05) is 0 Å². The van der Waals surface area contributed by atoms with E-state index in [0.717, 1.165) is 25.0 Å². The van der Waals surface area contributed by atoms with Gasteiger partial charge in [0.05, 0.1) is 16.7 Å². The Bertz CT molecular complexity index is 417. The van der Waals surface area contributed by atoms with E-state index in [1.54, 1.807) is 18.2 Å². The fourth-order valence-corrected chi connectivity index (χ4v) is 2.86. The van der Waals surface area contributed by atoms with Crippen LogP contribution in [0.3, 0.4) is 0 Å². The zero-order valence-corrected chi connectivity index (χ0v) is 11.5. The number of hydrogen-bond donors (Lipinski definition) is 0. The second-order valence-corrected chi connectivity index (χ2v) is 5.36. The zero-order valence-electron chi connectivity index (χ0n) is 10.7. The van der Waals surface area contributed by atoms with E-state index in [1.807, 2.05) is 0 Å². The molecule has 2 rings (SSSR count). The number of hydrogen-bond acceptors (Lipinski definition) is 2. The third kappa shape index (κ3) is 3.05. The zero-order chi connectivity index (χ0) is 13.0. The molecule has 0 bridgehead atoms. The molecule has 3 heteroatoms.